The van der Waals surface area contributed by atoms with Crippen LogP contribution in [0.3, 0.4) is 0 Å². The molecule has 0 amide bonds. The van der Waals surface area contributed by atoms with Gasteiger partial charge in [0.1, 0.15) is 26.2 Å². The number of rotatable bonds is 14. The highest BCUT2D eigenvalue weighted by molar-refractivity contribution is 7.95. The fourth-order valence-electron chi connectivity index (χ4n) is 5.63. The molecule has 0 saturated heterocycles. The van der Waals surface area contributed by atoms with Crippen molar-refractivity contribution in [3.05, 3.63) is 97.1 Å². The van der Waals surface area contributed by atoms with Crippen LogP contribution in [0.1, 0.15) is 0 Å². The first-order valence-corrected chi connectivity index (χ1v) is 24.1. The topological polar surface area (TPSA) is 329 Å². The van der Waals surface area contributed by atoms with E-state index in [-0.39, 0.29) is 43.4 Å². The van der Waals surface area contributed by atoms with Gasteiger partial charge in [0, 0.05) is 15.2 Å². The molecule has 27 heteroatoms. The Balaban J connectivity index is 1.46. The summed E-state index contributed by atoms with van der Waals surface area (Å²) in [7, 11) is -24.9. The van der Waals surface area contributed by atoms with Gasteiger partial charge in [0.15, 0.2) is 0 Å². The highest BCUT2D eigenvalue weighted by Crippen LogP contribution is 2.40. The number of hydrogen-bond donors (Lipinski definition) is 6. The predicted molar refractivity (Wildman–Crippen MR) is 201 cm³/mol. The molecule has 0 fully saturated rings. The molecule has 0 aliphatic rings. The minimum Gasteiger partial charge on any atom is -0.507 e. The molecule has 6 rings (SSSR count). The molecule has 0 spiro atoms. The van der Waals surface area contributed by atoms with E-state index in [1.807, 2.05) is 0 Å². The Kier molecular flexibility index (Phi) is 12.1. The van der Waals surface area contributed by atoms with Crippen molar-refractivity contribution in [1.29, 1.82) is 0 Å². The average Bonchev–Trinajstić information content (AvgIpc) is 3.17. The van der Waals surface area contributed by atoms with Crippen molar-refractivity contribution < 1.29 is 90.7 Å². The van der Waals surface area contributed by atoms with E-state index in [1.54, 1.807) is 0 Å². The van der Waals surface area contributed by atoms with E-state index in [0.717, 1.165) is 42.5 Å². The van der Waals surface area contributed by atoms with Gasteiger partial charge < -0.3 is 10.2 Å². The quantitative estimate of drug-likeness (QED) is 0.0351. The Labute approximate surface area is 341 Å². The van der Waals surface area contributed by atoms with Crippen molar-refractivity contribution >= 4 is 95.4 Å². The van der Waals surface area contributed by atoms with Crippen LogP contribution in [0.2, 0.25) is 0 Å². The molecule has 0 aromatic heterocycles. The monoisotopic (exact) mass is 950 g/mol. The van der Waals surface area contributed by atoms with Crippen molar-refractivity contribution in [1.82, 2.24) is 0 Å². The van der Waals surface area contributed by atoms with E-state index in [1.165, 1.54) is 24.3 Å². The smallest absolute Gasteiger partial charge is 0.295 e. The summed E-state index contributed by atoms with van der Waals surface area (Å²) < 4.78 is 161. The molecule has 6 aromatic carbocycles. The minimum absolute atomic E-state index is 0.113. The summed E-state index contributed by atoms with van der Waals surface area (Å²) in [4.78, 5) is -6.82. The average molecular weight is 951 g/mol. The number of phenolic OH excluding ortho intramolecular Hbond substituents is 2. The van der Waals surface area contributed by atoms with Crippen LogP contribution in [-0.4, -0.2) is 71.9 Å². The zero-order valence-electron chi connectivity index (χ0n) is 28.5. The maximum atomic E-state index is 14.0. The van der Waals surface area contributed by atoms with Crippen LogP contribution in [0, 0.1) is 0 Å². The molecule has 0 heterocycles. The van der Waals surface area contributed by atoms with Crippen molar-refractivity contribution in [2.24, 2.45) is 0 Å². The van der Waals surface area contributed by atoms with Crippen LogP contribution in [0.15, 0.2) is 146 Å². The number of aromatic hydroxyl groups is 2. The molecular weight excluding hydrogens is 929 g/mol. The number of sulfone groups is 3. The standard InChI is InChI=1S/C32H22O20S7/c33-27-7-3-20(14-31(27)56(39,40)23-12-18-10-22(58(43,44)45)2-6-25(18)29(13-23)54-52-50-36)55(37,38)21-4-8-28(34)32(15-21)57(41,42)24-11-17-9-19(53-51-49-35)1-5-26(17)30(16-24)59(46,47)48/h1-16,33-36H,(H,43,44,45)(H,46,47,48). The van der Waals surface area contributed by atoms with Crippen molar-refractivity contribution in [2.45, 2.75) is 49.0 Å². The summed E-state index contributed by atoms with van der Waals surface area (Å²) in [5.74, 6) is -1.99. The van der Waals surface area contributed by atoms with Crippen molar-refractivity contribution in [3.63, 3.8) is 0 Å². The lowest BCUT2D eigenvalue weighted by atomic mass is 10.1. The van der Waals surface area contributed by atoms with E-state index in [0.29, 0.717) is 42.4 Å². The van der Waals surface area contributed by atoms with Crippen LogP contribution < -0.4 is 0 Å². The third-order valence-corrected chi connectivity index (χ3v) is 16.5. The van der Waals surface area contributed by atoms with Gasteiger partial charge in [0.05, 0.1) is 48.6 Å². The number of benzene rings is 6. The second kappa shape index (κ2) is 16.2. The SMILES string of the molecule is O=S(=O)(O)c1ccc2c(SOOO)cc(S(=O)(=O)c3cc(S(=O)(=O)c4ccc(O)c(S(=O)(=O)c5cc(S(=O)(=O)O)c6ccc(SOOO)cc6c5)c4)ccc3O)cc2c1. The van der Waals surface area contributed by atoms with Gasteiger partial charge in [-0.2, -0.15) is 16.8 Å². The molecule has 20 nitrogen and oxygen atoms in total. The number of hydrogen-bond acceptors (Lipinski definition) is 20. The summed E-state index contributed by atoms with van der Waals surface area (Å²) in [6.07, 6.45) is 0. The van der Waals surface area contributed by atoms with Crippen LogP contribution in [-0.2, 0) is 68.5 Å². The van der Waals surface area contributed by atoms with Gasteiger partial charge in [-0.3, -0.25) is 9.11 Å². The third-order valence-electron chi connectivity index (χ3n) is 8.29. The summed E-state index contributed by atoms with van der Waals surface area (Å²) in [6.45, 7) is 0. The van der Waals surface area contributed by atoms with Crippen LogP contribution in [0.25, 0.3) is 21.5 Å². The summed E-state index contributed by atoms with van der Waals surface area (Å²) in [6, 6.07) is 14.0. The first-order chi connectivity index (χ1) is 27.5. The summed E-state index contributed by atoms with van der Waals surface area (Å²) in [5.41, 5.74) is 0. The van der Waals surface area contributed by atoms with Crippen molar-refractivity contribution in [3.8, 4) is 11.5 Å². The maximum absolute atomic E-state index is 14.0. The van der Waals surface area contributed by atoms with E-state index in [9.17, 15) is 61.4 Å². The molecule has 0 aliphatic heterocycles. The van der Waals surface area contributed by atoms with Gasteiger partial charge in [0.25, 0.3) is 20.2 Å². The molecule has 0 radical (unpaired) electrons. The van der Waals surface area contributed by atoms with Gasteiger partial charge in [0.2, 0.25) is 29.5 Å². The summed E-state index contributed by atoms with van der Waals surface area (Å²) in [5, 5.41) is 45.3. The fraction of sp³-hybridized carbons (Fsp3) is 0. The van der Waals surface area contributed by atoms with Crippen LogP contribution in [0.4, 0.5) is 0 Å². The maximum Gasteiger partial charge on any atom is 0.295 e. The Bertz CT molecular complexity index is 3260. The second-order valence-electron chi connectivity index (χ2n) is 11.8. The van der Waals surface area contributed by atoms with Gasteiger partial charge in [-0.05, 0) is 101 Å². The molecule has 0 atom stereocenters. The van der Waals surface area contributed by atoms with E-state index in [2.05, 4.69) is 18.7 Å². The molecule has 312 valence electrons. The molecule has 0 unspecified atom stereocenters. The summed E-state index contributed by atoms with van der Waals surface area (Å²) >= 11 is 0.698. The Morgan fingerprint density at radius 1 is 0.424 bits per heavy atom. The minimum atomic E-state index is -5.12. The normalized spacial score (nSPS) is 12.9. The van der Waals surface area contributed by atoms with E-state index < -0.39 is 100 Å². The fourth-order valence-corrected chi connectivity index (χ4v) is 12.3. The first kappa shape index (κ1) is 44.1. The molecule has 0 bridgehead atoms. The van der Waals surface area contributed by atoms with E-state index >= 15 is 0 Å². The predicted octanol–water partition coefficient (Wildman–Crippen LogP) is 5.25. The number of fused-ring (bicyclic) bond motifs is 2. The van der Waals surface area contributed by atoms with E-state index in [4.69, 9.17) is 10.5 Å². The molecule has 0 aliphatic carbocycles. The van der Waals surface area contributed by atoms with Gasteiger partial charge in [-0.25, -0.2) is 35.8 Å². The highest BCUT2D eigenvalue weighted by atomic mass is 32.2. The first-order valence-electron chi connectivity index (χ1n) is 15.3. The van der Waals surface area contributed by atoms with Gasteiger partial charge in [-0.1, -0.05) is 22.2 Å². The Hall–Kier alpha value is -4.43. The molecule has 6 aromatic rings. The zero-order valence-corrected chi connectivity index (χ0v) is 34.2. The molecule has 0 saturated carbocycles. The molecular formula is C32H22O20S7. The Morgan fingerprint density at radius 3 is 1.41 bits per heavy atom. The third kappa shape index (κ3) is 8.75. The lowest BCUT2D eigenvalue weighted by Crippen LogP contribution is -2.09. The zero-order chi connectivity index (χ0) is 43.3. The van der Waals surface area contributed by atoms with Crippen LogP contribution in [0.5, 0.6) is 11.5 Å². The highest BCUT2D eigenvalue weighted by Gasteiger charge is 2.31. The Morgan fingerprint density at radius 2 is 0.881 bits per heavy atom. The lowest BCUT2D eigenvalue weighted by molar-refractivity contribution is -0.432. The van der Waals surface area contributed by atoms with Crippen LogP contribution >= 0.6 is 24.1 Å². The molecule has 6 N–H and O–H groups in total. The van der Waals surface area contributed by atoms with Crippen molar-refractivity contribution in [2.75, 3.05) is 0 Å². The van der Waals surface area contributed by atoms with Gasteiger partial charge in [-0.15, -0.1) is 8.67 Å². The second-order valence-corrected chi connectivity index (χ2v) is 21.9. The van der Waals surface area contributed by atoms with Gasteiger partial charge >= 0.3 is 0 Å². The lowest BCUT2D eigenvalue weighted by Gasteiger charge is -2.14. The molecule has 59 heavy (non-hydrogen) atoms. The number of phenols is 2. The largest absolute Gasteiger partial charge is 0.507 e.